The van der Waals surface area contributed by atoms with Gasteiger partial charge in [-0.1, -0.05) is 13.3 Å². The topological polar surface area (TPSA) is 152 Å². The van der Waals surface area contributed by atoms with E-state index in [9.17, 15) is 23.6 Å². The number of rotatable bonds is 9. The summed E-state index contributed by atoms with van der Waals surface area (Å²) in [7, 11) is 0. The van der Waals surface area contributed by atoms with Gasteiger partial charge in [0.15, 0.2) is 0 Å². The maximum Gasteiger partial charge on any atom is 0.389 e. The van der Waals surface area contributed by atoms with Crippen LogP contribution >= 0.6 is 0 Å². The van der Waals surface area contributed by atoms with Crippen molar-refractivity contribution in [2.24, 2.45) is 17.1 Å². The molecule has 1 aliphatic heterocycles. The zero-order valence-corrected chi connectivity index (χ0v) is 20.6. The van der Waals surface area contributed by atoms with Crippen molar-refractivity contribution in [2.45, 2.75) is 45.3 Å². The van der Waals surface area contributed by atoms with E-state index in [0.29, 0.717) is 48.3 Å². The highest BCUT2D eigenvalue weighted by molar-refractivity contribution is 6.02. The van der Waals surface area contributed by atoms with Gasteiger partial charge >= 0.3 is 12.6 Å². The standard InChI is InChI=1S/C25H26F2N8O3/c1-2-3-14-10-34(22(37)25(13-28)4-5-25)12-18(14)33-20-17(21(29)36)9-32-35-11-15(6-19(20)35)16-7-30-24(31-8-16)38-23(26)27/h6-9,11,14,18,23,33H,2-5,10,12H2,1H3,(H2,29,36)/t14-,18+/m0/s1. The van der Waals surface area contributed by atoms with Gasteiger partial charge in [-0.3, -0.25) is 9.59 Å². The minimum atomic E-state index is -3.03. The van der Waals surface area contributed by atoms with Crippen LogP contribution in [0, 0.1) is 22.7 Å². The second-order valence-corrected chi connectivity index (χ2v) is 9.69. The minimum Gasteiger partial charge on any atom is -0.401 e. The van der Waals surface area contributed by atoms with Crippen LogP contribution in [0.4, 0.5) is 14.5 Å². The number of carbonyl (C=O) groups excluding carboxylic acids is 2. The maximum atomic E-state index is 13.1. The SMILES string of the molecule is CCC[C@H]1CN(C(=O)C2(C#N)CC2)C[C@H]1Nc1c(C(N)=O)cnn2cc(-c3cnc(OC(F)F)nc3)cc12. The van der Waals surface area contributed by atoms with E-state index in [-0.39, 0.29) is 23.4 Å². The molecule has 38 heavy (non-hydrogen) atoms. The highest BCUT2D eigenvalue weighted by atomic mass is 19.3. The number of hydrogen-bond acceptors (Lipinski definition) is 8. The first-order chi connectivity index (χ1) is 18.2. The average molecular weight is 525 g/mol. The van der Waals surface area contributed by atoms with Crippen molar-refractivity contribution >= 4 is 23.0 Å². The summed E-state index contributed by atoms with van der Waals surface area (Å²) in [6, 6.07) is 3.32. The Morgan fingerprint density at radius 2 is 2.00 bits per heavy atom. The van der Waals surface area contributed by atoms with Crippen molar-refractivity contribution in [3.05, 3.63) is 36.4 Å². The summed E-state index contributed by atoms with van der Waals surface area (Å²) in [4.78, 5) is 34.8. The van der Waals surface area contributed by atoms with E-state index >= 15 is 0 Å². The predicted molar refractivity (Wildman–Crippen MR) is 131 cm³/mol. The molecule has 3 N–H and O–H groups in total. The van der Waals surface area contributed by atoms with Crippen LogP contribution in [-0.4, -0.2) is 62.0 Å². The molecule has 0 unspecified atom stereocenters. The predicted octanol–water partition coefficient (Wildman–Crippen LogP) is 2.83. The molecule has 13 heteroatoms. The number of alkyl halides is 2. The van der Waals surface area contributed by atoms with Crippen LogP contribution in [0.15, 0.2) is 30.9 Å². The molecule has 0 radical (unpaired) electrons. The lowest BCUT2D eigenvalue weighted by atomic mass is 9.97. The Morgan fingerprint density at radius 1 is 1.26 bits per heavy atom. The van der Waals surface area contributed by atoms with Crippen LogP contribution in [0.1, 0.15) is 43.0 Å². The number of anilines is 1. The van der Waals surface area contributed by atoms with Crippen LogP contribution in [0.5, 0.6) is 6.01 Å². The normalized spacial score (nSPS) is 19.9. The molecule has 2 amide bonds. The monoisotopic (exact) mass is 524 g/mol. The molecular weight excluding hydrogens is 498 g/mol. The lowest BCUT2D eigenvalue weighted by Gasteiger charge is -2.22. The smallest absolute Gasteiger partial charge is 0.389 e. The number of nitrogens with zero attached hydrogens (tertiary/aromatic N) is 6. The molecular formula is C25H26F2N8O3. The summed E-state index contributed by atoms with van der Waals surface area (Å²) in [5, 5.41) is 17.3. The van der Waals surface area contributed by atoms with Gasteiger partial charge in [0.25, 0.3) is 5.91 Å². The zero-order chi connectivity index (χ0) is 27.0. The van der Waals surface area contributed by atoms with Crippen molar-refractivity contribution in [2.75, 3.05) is 18.4 Å². The second kappa shape index (κ2) is 9.85. The lowest BCUT2D eigenvalue weighted by molar-refractivity contribution is -0.134. The minimum absolute atomic E-state index is 0.109. The van der Waals surface area contributed by atoms with Gasteiger partial charge < -0.3 is 20.7 Å². The summed E-state index contributed by atoms with van der Waals surface area (Å²) < 4.78 is 30.6. The van der Waals surface area contributed by atoms with Gasteiger partial charge in [0.05, 0.1) is 29.0 Å². The third-order valence-electron chi connectivity index (χ3n) is 7.15. The largest absolute Gasteiger partial charge is 0.401 e. The summed E-state index contributed by atoms with van der Waals surface area (Å²) in [6.07, 6.45) is 8.68. The molecule has 1 saturated carbocycles. The molecule has 2 fully saturated rings. The molecule has 3 aromatic rings. The van der Waals surface area contributed by atoms with Crippen molar-refractivity contribution in [1.82, 2.24) is 24.5 Å². The summed E-state index contributed by atoms with van der Waals surface area (Å²) in [5.41, 5.74) is 7.15. The van der Waals surface area contributed by atoms with Crippen LogP contribution in [-0.2, 0) is 4.79 Å². The summed E-state index contributed by atoms with van der Waals surface area (Å²) in [6.45, 7) is -0.0434. The molecule has 3 aromatic heterocycles. The highest BCUT2D eigenvalue weighted by Gasteiger charge is 2.54. The number of carbonyl (C=O) groups is 2. The molecule has 1 saturated heterocycles. The number of aromatic nitrogens is 4. The summed E-state index contributed by atoms with van der Waals surface area (Å²) >= 11 is 0. The number of amides is 2. The van der Waals surface area contributed by atoms with Gasteiger partial charge in [0.1, 0.15) is 5.41 Å². The number of hydrogen-bond donors (Lipinski definition) is 2. The molecule has 0 spiro atoms. The van der Waals surface area contributed by atoms with Crippen LogP contribution in [0.3, 0.4) is 0 Å². The average Bonchev–Trinajstić information content (AvgIpc) is 3.41. The van der Waals surface area contributed by atoms with Gasteiger partial charge in [-0.15, -0.1) is 0 Å². The van der Waals surface area contributed by atoms with E-state index in [0.717, 1.165) is 12.8 Å². The van der Waals surface area contributed by atoms with E-state index in [1.54, 1.807) is 21.7 Å². The van der Waals surface area contributed by atoms with E-state index in [2.05, 4.69) is 38.1 Å². The van der Waals surface area contributed by atoms with E-state index in [1.807, 2.05) is 0 Å². The first-order valence-corrected chi connectivity index (χ1v) is 12.3. The fourth-order valence-electron chi connectivity index (χ4n) is 5.01. The highest BCUT2D eigenvalue weighted by Crippen LogP contribution is 2.47. The molecule has 198 valence electrons. The van der Waals surface area contributed by atoms with Crippen molar-refractivity contribution in [3.8, 4) is 23.2 Å². The Bertz CT molecular complexity index is 1410. The van der Waals surface area contributed by atoms with Gasteiger partial charge in [-0.25, -0.2) is 14.5 Å². The lowest BCUT2D eigenvalue weighted by Crippen LogP contribution is -2.36. The van der Waals surface area contributed by atoms with Crippen LogP contribution in [0.2, 0.25) is 0 Å². The quantitative estimate of drug-likeness (QED) is 0.434. The fourth-order valence-corrected chi connectivity index (χ4v) is 5.01. The van der Waals surface area contributed by atoms with Gasteiger partial charge in [-0.2, -0.15) is 19.1 Å². The van der Waals surface area contributed by atoms with Crippen molar-refractivity contribution < 1.29 is 23.1 Å². The number of likely N-dealkylation sites (tertiary alicyclic amines) is 1. The Balaban J connectivity index is 1.47. The Hall–Kier alpha value is -4.34. The molecule has 0 aromatic carbocycles. The number of nitriles is 1. The summed E-state index contributed by atoms with van der Waals surface area (Å²) in [5.74, 6) is -0.691. The molecule has 2 aliphatic rings. The number of primary amides is 1. The van der Waals surface area contributed by atoms with Gasteiger partial charge in [-0.05, 0) is 31.2 Å². The Morgan fingerprint density at radius 3 is 2.61 bits per heavy atom. The number of nitrogens with two attached hydrogens (primary N) is 1. The Kier molecular flexibility index (Phi) is 6.56. The molecule has 2 atom stereocenters. The zero-order valence-electron chi connectivity index (χ0n) is 20.6. The van der Waals surface area contributed by atoms with Crippen molar-refractivity contribution in [1.29, 1.82) is 5.26 Å². The second-order valence-electron chi connectivity index (χ2n) is 9.69. The molecule has 1 aliphatic carbocycles. The number of ether oxygens (including phenoxy) is 1. The van der Waals surface area contributed by atoms with E-state index in [1.165, 1.54) is 18.6 Å². The number of halogens is 2. The number of nitrogens with one attached hydrogen (secondary N) is 1. The molecule has 4 heterocycles. The van der Waals surface area contributed by atoms with E-state index < -0.39 is 23.9 Å². The van der Waals surface area contributed by atoms with E-state index in [4.69, 9.17) is 5.73 Å². The van der Waals surface area contributed by atoms with Crippen molar-refractivity contribution in [3.63, 3.8) is 0 Å². The third kappa shape index (κ3) is 4.69. The fraction of sp³-hybridized carbons (Fsp3) is 0.440. The first kappa shape index (κ1) is 25.3. The molecule has 5 rings (SSSR count). The molecule has 11 nitrogen and oxygen atoms in total. The van der Waals surface area contributed by atoms with Crippen LogP contribution < -0.4 is 15.8 Å². The first-order valence-electron chi connectivity index (χ1n) is 12.3. The van der Waals surface area contributed by atoms with Gasteiger partial charge in [0, 0.05) is 48.8 Å². The Labute approximate surface area is 216 Å². The maximum absolute atomic E-state index is 13.1. The third-order valence-corrected chi connectivity index (χ3v) is 7.15. The number of fused-ring (bicyclic) bond motifs is 1. The van der Waals surface area contributed by atoms with Gasteiger partial charge in [0.2, 0.25) is 5.91 Å². The molecule has 0 bridgehead atoms. The van der Waals surface area contributed by atoms with Crippen LogP contribution in [0.25, 0.3) is 16.6 Å².